The van der Waals surface area contributed by atoms with Gasteiger partial charge in [0.1, 0.15) is 17.6 Å². The van der Waals surface area contributed by atoms with Crippen molar-refractivity contribution in [1.82, 2.24) is 19.5 Å². The van der Waals surface area contributed by atoms with Gasteiger partial charge in [-0.2, -0.15) is 0 Å². The Balaban J connectivity index is 1.96. The van der Waals surface area contributed by atoms with Gasteiger partial charge >= 0.3 is 0 Å². The van der Waals surface area contributed by atoms with Gasteiger partial charge in [0.05, 0.1) is 12.4 Å². The second-order valence-electron chi connectivity index (χ2n) is 5.30. The van der Waals surface area contributed by atoms with Crippen LogP contribution < -0.4 is 5.73 Å². The number of phenols is 1. The maximum absolute atomic E-state index is 12.1. The maximum Gasteiger partial charge on any atom is 0.165 e. The van der Waals surface area contributed by atoms with Crippen LogP contribution in [0.25, 0.3) is 11.2 Å². The van der Waals surface area contributed by atoms with E-state index in [1.165, 1.54) is 6.33 Å². The van der Waals surface area contributed by atoms with Crippen LogP contribution >= 0.6 is 0 Å². The molecule has 3 N–H and O–H groups in total. The summed E-state index contributed by atoms with van der Waals surface area (Å²) in [7, 11) is 0. The van der Waals surface area contributed by atoms with Crippen LogP contribution in [0, 0.1) is 0 Å². The van der Waals surface area contributed by atoms with Gasteiger partial charge in [-0.1, -0.05) is 12.1 Å². The molecule has 1 aliphatic rings. The number of ketones is 1. The van der Waals surface area contributed by atoms with Gasteiger partial charge < -0.3 is 15.4 Å². The maximum atomic E-state index is 12.1. The van der Waals surface area contributed by atoms with E-state index in [9.17, 15) is 9.90 Å². The van der Waals surface area contributed by atoms with Gasteiger partial charge in [0.2, 0.25) is 0 Å². The largest absolute Gasteiger partial charge is 0.508 e. The highest BCUT2D eigenvalue weighted by atomic mass is 16.3. The zero-order valence-corrected chi connectivity index (χ0v) is 11.6. The van der Waals surface area contributed by atoms with Crippen LogP contribution in [0.2, 0.25) is 0 Å². The lowest BCUT2D eigenvalue weighted by Gasteiger charge is -2.26. The predicted octanol–water partition coefficient (Wildman–Crippen LogP) is 1.68. The lowest BCUT2D eigenvalue weighted by atomic mass is 9.86. The molecule has 0 unspecified atom stereocenters. The van der Waals surface area contributed by atoms with Crippen molar-refractivity contribution in [2.75, 3.05) is 5.73 Å². The Labute approximate surface area is 125 Å². The first kappa shape index (κ1) is 12.8. The fraction of sp³-hybridized carbons (Fsp3) is 0.200. The molecule has 7 nitrogen and oxygen atoms in total. The monoisotopic (exact) mass is 295 g/mol. The van der Waals surface area contributed by atoms with Crippen molar-refractivity contribution in [2.45, 2.75) is 18.9 Å². The molecule has 0 saturated carbocycles. The Kier molecular flexibility index (Phi) is 2.62. The lowest BCUT2D eigenvalue weighted by molar-refractivity contribution is 0.0963. The summed E-state index contributed by atoms with van der Waals surface area (Å²) in [5, 5.41) is 10.2. The summed E-state index contributed by atoms with van der Waals surface area (Å²) in [5.41, 5.74) is 8.11. The number of nitrogens with zero attached hydrogens (tertiary/aromatic N) is 4. The van der Waals surface area contributed by atoms with E-state index in [0.717, 1.165) is 0 Å². The van der Waals surface area contributed by atoms with Gasteiger partial charge in [0.15, 0.2) is 17.2 Å². The number of imidazole rings is 1. The summed E-state index contributed by atoms with van der Waals surface area (Å²) >= 11 is 0. The summed E-state index contributed by atoms with van der Waals surface area (Å²) in [6.45, 7) is 0. The minimum atomic E-state index is -0.201. The molecule has 0 radical (unpaired) electrons. The minimum Gasteiger partial charge on any atom is -0.508 e. The Hall–Kier alpha value is -2.96. The third-order valence-corrected chi connectivity index (χ3v) is 4.08. The van der Waals surface area contributed by atoms with Gasteiger partial charge in [0, 0.05) is 17.5 Å². The predicted molar refractivity (Wildman–Crippen MR) is 79.5 cm³/mol. The number of nitrogens with two attached hydrogens (primary N) is 1. The molecule has 1 aromatic carbocycles. The number of benzene rings is 1. The molecular weight excluding hydrogens is 282 g/mol. The van der Waals surface area contributed by atoms with Crippen LogP contribution in [0.3, 0.4) is 0 Å². The van der Waals surface area contributed by atoms with Crippen molar-refractivity contribution >= 4 is 22.8 Å². The van der Waals surface area contributed by atoms with Crippen LogP contribution in [0.15, 0.2) is 30.9 Å². The molecule has 0 aliphatic heterocycles. The van der Waals surface area contributed by atoms with Crippen molar-refractivity contribution in [2.24, 2.45) is 0 Å². The molecule has 1 aliphatic carbocycles. The van der Waals surface area contributed by atoms with Gasteiger partial charge in [-0.3, -0.25) is 4.79 Å². The van der Waals surface area contributed by atoms with Gasteiger partial charge in [-0.15, -0.1) is 0 Å². The summed E-state index contributed by atoms with van der Waals surface area (Å²) < 4.78 is 1.85. The average molecular weight is 295 g/mol. The van der Waals surface area contributed by atoms with Crippen LogP contribution in [0.4, 0.5) is 5.82 Å². The van der Waals surface area contributed by atoms with E-state index in [1.807, 2.05) is 4.57 Å². The number of Topliss-reactive ketones (excluding diaryl/α,β-unsaturated/α-hetero) is 1. The van der Waals surface area contributed by atoms with Crippen molar-refractivity contribution in [1.29, 1.82) is 0 Å². The Morgan fingerprint density at radius 1 is 1.27 bits per heavy atom. The number of aromatic hydroxyl groups is 1. The molecule has 22 heavy (non-hydrogen) atoms. The first-order valence-corrected chi connectivity index (χ1v) is 6.95. The standard InChI is InChI=1S/C15H13N5O2/c16-14-13-15(18-6-17-14)20(7-19-13)9-4-5-10(21)8-2-1-3-11(22)12(8)9/h1-3,6-7,9,22H,4-5H2,(H2,16,17,18)/t9-/m0/s1. The molecule has 1 atom stereocenters. The molecule has 0 spiro atoms. The first-order chi connectivity index (χ1) is 10.7. The zero-order chi connectivity index (χ0) is 15.3. The van der Waals surface area contributed by atoms with E-state index in [2.05, 4.69) is 15.0 Å². The number of aromatic nitrogens is 4. The second kappa shape index (κ2) is 4.52. The van der Waals surface area contributed by atoms with Crippen LogP contribution in [0.1, 0.15) is 34.8 Å². The van der Waals surface area contributed by atoms with Gasteiger partial charge in [-0.25, -0.2) is 15.0 Å². The number of hydrogen-bond acceptors (Lipinski definition) is 6. The number of hydrogen-bond donors (Lipinski definition) is 2. The fourth-order valence-electron chi connectivity index (χ4n) is 3.07. The summed E-state index contributed by atoms with van der Waals surface area (Å²) in [6.07, 6.45) is 4.02. The minimum absolute atomic E-state index is 0.0423. The van der Waals surface area contributed by atoms with E-state index in [0.29, 0.717) is 41.0 Å². The molecule has 0 saturated heterocycles. The Bertz CT molecular complexity index is 902. The second-order valence-corrected chi connectivity index (χ2v) is 5.30. The number of carbonyl (C=O) groups excluding carboxylic acids is 1. The highest BCUT2D eigenvalue weighted by Crippen LogP contribution is 2.39. The quantitative estimate of drug-likeness (QED) is 0.707. The van der Waals surface area contributed by atoms with E-state index < -0.39 is 0 Å². The van der Waals surface area contributed by atoms with E-state index in [4.69, 9.17) is 5.73 Å². The number of fused-ring (bicyclic) bond motifs is 2. The van der Waals surface area contributed by atoms with E-state index >= 15 is 0 Å². The van der Waals surface area contributed by atoms with Gasteiger partial charge in [0.25, 0.3) is 0 Å². The van der Waals surface area contributed by atoms with Crippen molar-refractivity contribution in [3.63, 3.8) is 0 Å². The number of phenolic OH excluding ortho intramolecular Hbond substituents is 1. The molecule has 2 heterocycles. The van der Waals surface area contributed by atoms with E-state index in [-0.39, 0.29) is 17.6 Å². The highest BCUT2D eigenvalue weighted by Gasteiger charge is 2.30. The molecule has 4 rings (SSSR count). The Morgan fingerprint density at radius 3 is 3.00 bits per heavy atom. The average Bonchev–Trinajstić information content (AvgIpc) is 2.94. The molecule has 7 heteroatoms. The molecule has 2 aromatic heterocycles. The fourth-order valence-corrected chi connectivity index (χ4v) is 3.07. The summed E-state index contributed by atoms with van der Waals surface area (Å²) in [6, 6.07) is 4.81. The zero-order valence-electron chi connectivity index (χ0n) is 11.6. The molecule has 0 fully saturated rings. The van der Waals surface area contributed by atoms with Gasteiger partial charge in [-0.05, 0) is 12.5 Å². The molecule has 0 bridgehead atoms. The normalized spacial score (nSPS) is 17.6. The smallest absolute Gasteiger partial charge is 0.165 e. The first-order valence-electron chi connectivity index (χ1n) is 6.95. The number of carbonyl (C=O) groups is 1. The van der Waals surface area contributed by atoms with Crippen molar-refractivity contribution < 1.29 is 9.90 Å². The van der Waals surface area contributed by atoms with Crippen molar-refractivity contribution in [3.8, 4) is 5.75 Å². The molecular formula is C15H13N5O2. The lowest BCUT2D eigenvalue weighted by Crippen LogP contribution is -2.21. The third kappa shape index (κ3) is 1.68. The van der Waals surface area contributed by atoms with Crippen LogP contribution in [-0.4, -0.2) is 30.4 Å². The summed E-state index contributed by atoms with van der Waals surface area (Å²) in [5.74, 6) is 0.466. The summed E-state index contributed by atoms with van der Waals surface area (Å²) in [4.78, 5) is 24.5. The van der Waals surface area contributed by atoms with Crippen LogP contribution in [0.5, 0.6) is 5.75 Å². The third-order valence-electron chi connectivity index (χ3n) is 4.08. The number of nitrogen functional groups attached to an aromatic ring is 1. The molecule has 3 aromatic rings. The topological polar surface area (TPSA) is 107 Å². The van der Waals surface area contributed by atoms with E-state index in [1.54, 1.807) is 24.5 Å². The molecule has 110 valence electrons. The Morgan fingerprint density at radius 2 is 2.14 bits per heavy atom. The van der Waals surface area contributed by atoms with Crippen LogP contribution in [-0.2, 0) is 0 Å². The SMILES string of the molecule is Nc1ncnc2c1ncn2[C@H]1CCC(=O)c2cccc(O)c21. The number of anilines is 1. The molecule has 0 amide bonds. The highest BCUT2D eigenvalue weighted by molar-refractivity contribution is 5.99. The van der Waals surface area contributed by atoms with Crippen molar-refractivity contribution in [3.05, 3.63) is 42.0 Å². The number of rotatable bonds is 1.